The quantitative estimate of drug-likeness (QED) is 0.631. The zero-order chi connectivity index (χ0) is 21.6. The number of hydrogen-bond donors (Lipinski definition) is 1. The fourth-order valence-electron chi connectivity index (χ4n) is 3.45. The van der Waals surface area contributed by atoms with Crippen LogP contribution in [-0.2, 0) is 21.4 Å². The number of nitrogens with zero attached hydrogens (tertiary/aromatic N) is 1. The van der Waals surface area contributed by atoms with Crippen molar-refractivity contribution in [3.63, 3.8) is 0 Å². The molecule has 1 aliphatic rings. The Bertz CT molecular complexity index is 944. The third-order valence-electron chi connectivity index (χ3n) is 4.92. The number of benzene rings is 1. The van der Waals surface area contributed by atoms with Gasteiger partial charge in [0, 0.05) is 19.6 Å². The number of carbonyl (C=O) groups excluding carboxylic acids is 1. The van der Waals surface area contributed by atoms with Gasteiger partial charge in [-0.15, -0.1) is 11.3 Å². The highest BCUT2D eigenvalue weighted by atomic mass is 32.2. The van der Waals surface area contributed by atoms with E-state index in [0.717, 1.165) is 5.56 Å². The van der Waals surface area contributed by atoms with Gasteiger partial charge in [0.05, 0.1) is 19.1 Å². The molecule has 1 atom stereocenters. The van der Waals surface area contributed by atoms with Gasteiger partial charge in [-0.3, -0.25) is 4.79 Å². The summed E-state index contributed by atoms with van der Waals surface area (Å²) in [5.41, 5.74) is 0.897. The van der Waals surface area contributed by atoms with Gasteiger partial charge in [0.15, 0.2) is 11.5 Å². The Balaban J connectivity index is 1.61. The smallest absolute Gasteiger partial charge is 0.252 e. The van der Waals surface area contributed by atoms with Crippen molar-refractivity contribution in [2.24, 2.45) is 5.92 Å². The minimum absolute atomic E-state index is 0.132. The lowest BCUT2D eigenvalue weighted by molar-refractivity contribution is -0.126. The highest BCUT2D eigenvalue weighted by Crippen LogP contribution is 2.29. The number of hydrogen-bond acceptors (Lipinski definition) is 6. The zero-order valence-corrected chi connectivity index (χ0v) is 18.9. The summed E-state index contributed by atoms with van der Waals surface area (Å²) in [5, 5.41) is 4.69. The number of ether oxygens (including phenoxy) is 2. The maximum atomic E-state index is 12.8. The molecular weight excluding hydrogens is 424 g/mol. The average Bonchev–Trinajstić information content (AvgIpc) is 3.30. The molecule has 0 aliphatic carbocycles. The first kappa shape index (κ1) is 22.6. The van der Waals surface area contributed by atoms with Crippen molar-refractivity contribution in [1.82, 2.24) is 9.62 Å². The van der Waals surface area contributed by atoms with Gasteiger partial charge < -0.3 is 14.8 Å². The molecule has 2 heterocycles. The fraction of sp³-hybridized carbons (Fsp3) is 0.476. The van der Waals surface area contributed by atoms with Crippen LogP contribution in [0.4, 0.5) is 0 Å². The van der Waals surface area contributed by atoms with Crippen LogP contribution in [0, 0.1) is 5.92 Å². The number of carbonyl (C=O) groups is 1. The number of amides is 1. The Kier molecular flexibility index (Phi) is 7.74. The Morgan fingerprint density at radius 2 is 1.97 bits per heavy atom. The zero-order valence-electron chi connectivity index (χ0n) is 17.3. The summed E-state index contributed by atoms with van der Waals surface area (Å²) in [5.74, 6) is 0.837. The second-order valence-electron chi connectivity index (χ2n) is 7.00. The maximum Gasteiger partial charge on any atom is 0.252 e. The van der Waals surface area contributed by atoms with Gasteiger partial charge in [-0.1, -0.05) is 12.1 Å². The van der Waals surface area contributed by atoms with E-state index in [-0.39, 0.29) is 18.4 Å². The highest BCUT2D eigenvalue weighted by molar-refractivity contribution is 7.91. The molecule has 0 bridgehead atoms. The SMILES string of the molecule is CCOc1ccc(CNC(=O)[C@@H]2CCCN(S(=O)(=O)c3cccs3)C2)cc1OCC. The molecule has 3 rings (SSSR count). The molecule has 0 saturated carbocycles. The Morgan fingerprint density at radius 1 is 1.20 bits per heavy atom. The molecule has 2 aromatic rings. The Labute approximate surface area is 182 Å². The third kappa shape index (κ3) is 5.33. The van der Waals surface area contributed by atoms with Crippen molar-refractivity contribution in [2.45, 2.75) is 37.4 Å². The van der Waals surface area contributed by atoms with E-state index in [1.54, 1.807) is 17.5 Å². The van der Waals surface area contributed by atoms with E-state index < -0.39 is 10.0 Å². The third-order valence-corrected chi connectivity index (χ3v) is 8.16. The van der Waals surface area contributed by atoms with Crippen LogP contribution in [0.2, 0.25) is 0 Å². The standard InChI is InChI=1S/C21H28N2O5S2/c1-3-27-18-10-9-16(13-19(18)28-4-2)14-22-21(24)17-7-5-11-23(15-17)30(25,26)20-8-6-12-29-20/h6,8-10,12-13,17H,3-5,7,11,14-15H2,1-2H3,(H,22,24)/t17-/m1/s1. The molecule has 1 aliphatic heterocycles. The topological polar surface area (TPSA) is 84.9 Å². The minimum atomic E-state index is -3.53. The van der Waals surface area contributed by atoms with Crippen LogP contribution in [-0.4, -0.2) is 44.9 Å². The molecular formula is C21H28N2O5S2. The van der Waals surface area contributed by atoms with Crippen LogP contribution in [0.15, 0.2) is 39.9 Å². The normalized spacial score (nSPS) is 17.5. The van der Waals surface area contributed by atoms with Gasteiger partial charge in [0.2, 0.25) is 5.91 Å². The van der Waals surface area contributed by atoms with Crippen LogP contribution in [0.1, 0.15) is 32.3 Å². The van der Waals surface area contributed by atoms with Crippen LogP contribution in [0.5, 0.6) is 11.5 Å². The molecule has 30 heavy (non-hydrogen) atoms. The van der Waals surface area contributed by atoms with Crippen LogP contribution < -0.4 is 14.8 Å². The van der Waals surface area contributed by atoms with E-state index in [2.05, 4.69) is 5.32 Å². The van der Waals surface area contributed by atoms with Crippen LogP contribution in [0.25, 0.3) is 0 Å². The first-order valence-electron chi connectivity index (χ1n) is 10.2. The fourth-order valence-corrected chi connectivity index (χ4v) is 6.12. The first-order valence-corrected chi connectivity index (χ1v) is 12.5. The molecule has 1 saturated heterocycles. The highest BCUT2D eigenvalue weighted by Gasteiger charge is 2.33. The molecule has 9 heteroatoms. The molecule has 1 aromatic carbocycles. The lowest BCUT2D eigenvalue weighted by atomic mass is 9.98. The minimum Gasteiger partial charge on any atom is -0.490 e. The maximum absolute atomic E-state index is 12.8. The molecule has 0 unspecified atom stereocenters. The first-order chi connectivity index (χ1) is 14.5. The van der Waals surface area contributed by atoms with E-state index in [9.17, 15) is 13.2 Å². The van der Waals surface area contributed by atoms with Gasteiger partial charge >= 0.3 is 0 Å². The van der Waals surface area contributed by atoms with Crippen molar-refractivity contribution in [2.75, 3.05) is 26.3 Å². The van der Waals surface area contributed by atoms with Crippen molar-refractivity contribution in [3.8, 4) is 11.5 Å². The monoisotopic (exact) mass is 452 g/mol. The van der Waals surface area contributed by atoms with Crippen molar-refractivity contribution in [3.05, 3.63) is 41.3 Å². The predicted molar refractivity (Wildman–Crippen MR) is 116 cm³/mol. The molecule has 0 radical (unpaired) electrons. The van der Waals surface area contributed by atoms with Crippen molar-refractivity contribution < 1.29 is 22.7 Å². The van der Waals surface area contributed by atoms with E-state index in [1.807, 2.05) is 32.0 Å². The number of thiophene rings is 1. The van der Waals surface area contributed by atoms with E-state index in [0.29, 0.717) is 54.9 Å². The Morgan fingerprint density at radius 3 is 2.67 bits per heavy atom. The number of nitrogens with one attached hydrogen (secondary N) is 1. The van der Waals surface area contributed by atoms with Gasteiger partial charge in [0.1, 0.15) is 4.21 Å². The second-order valence-corrected chi connectivity index (χ2v) is 10.1. The number of piperidine rings is 1. The molecule has 1 N–H and O–H groups in total. The lowest BCUT2D eigenvalue weighted by Gasteiger charge is -2.30. The molecule has 164 valence electrons. The van der Waals surface area contributed by atoms with Crippen LogP contribution in [0.3, 0.4) is 0 Å². The number of rotatable bonds is 9. The largest absolute Gasteiger partial charge is 0.490 e. The molecule has 1 fully saturated rings. The summed E-state index contributed by atoms with van der Waals surface area (Å²) in [4.78, 5) is 12.7. The molecule has 7 nitrogen and oxygen atoms in total. The molecule has 1 aromatic heterocycles. The summed E-state index contributed by atoms with van der Waals surface area (Å²) in [6.45, 7) is 5.88. The average molecular weight is 453 g/mol. The summed E-state index contributed by atoms with van der Waals surface area (Å²) in [7, 11) is -3.53. The van der Waals surface area contributed by atoms with Gasteiger partial charge in [-0.05, 0) is 55.8 Å². The van der Waals surface area contributed by atoms with Crippen LogP contribution >= 0.6 is 11.3 Å². The predicted octanol–water partition coefficient (Wildman–Crippen LogP) is 3.26. The lowest BCUT2D eigenvalue weighted by Crippen LogP contribution is -2.45. The van der Waals surface area contributed by atoms with E-state index in [4.69, 9.17) is 9.47 Å². The van der Waals surface area contributed by atoms with Gasteiger partial charge in [-0.2, -0.15) is 4.31 Å². The summed E-state index contributed by atoms with van der Waals surface area (Å²) < 4.78 is 38.5. The summed E-state index contributed by atoms with van der Waals surface area (Å²) in [6.07, 6.45) is 1.34. The van der Waals surface area contributed by atoms with E-state index in [1.165, 1.54) is 15.6 Å². The van der Waals surface area contributed by atoms with Gasteiger partial charge in [0.25, 0.3) is 10.0 Å². The van der Waals surface area contributed by atoms with Crippen molar-refractivity contribution in [1.29, 1.82) is 0 Å². The van der Waals surface area contributed by atoms with E-state index >= 15 is 0 Å². The molecule has 1 amide bonds. The number of sulfonamides is 1. The van der Waals surface area contributed by atoms with Crippen molar-refractivity contribution >= 4 is 27.3 Å². The summed E-state index contributed by atoms with van der Waals surface area (Å²) in [6, 6.07) is 8.92. The molecule has 0 spiro atoms. The second kappa shape index (κ2) is 10.3. The van der Waals surface area contributed by atoms with Gasteiger partial charge in [-0.25, -0.2) is 8.42 Å². The Hall–Kier alpha value is -2.10. The summed E-state index contributed by atoms with van der Waals surface area (Å²) >= 11 is 1.20.